The van der Waals surface area contributed by atoms with Crippen molar-refractivity contribution in [2.75, 3.05) is 45.2 Å². The second-order valence-electron chi connectivity index (χ2n) is 7.61. The van der Waals surface area contributed by atoms with Gasteiger partial charge in [0.2, 0.25) is 0 Å². The van der Waals surface area contributed by atoms with Gasteiger partial charge in [-0.15, -0.1) is 0 Å². The van der Waals surface area contributed by atoms with E-state index in [0.717, 1.165) is 37.4 Å². The maximum atomic E-state index is 14.5. The van der Waals surface area contributed by atoms with Crippen molar-refractivity contribution in [2.24, 2.45) is 0 Å². The van der Waals surface area contributed by atoms with Gasteiger partial charge in [-0.1, -0.05) is 18.2 Å². The number of aromatic nitrogens is 1. The van der Waals surface area contributed by atoms with E-state index in [4.69, 9.17) is 0 Å². The Bertz CT molecular complexity index is 1040. The van der Waals surface area contributed by atoms with Gasteiger partial charge in [-0.2, -0.15) is 0 Å². The van der Waals surface area contributed by atoms with E-state index < -0.39 is 11.0 Å². The van der Waals surface area contributed by atoms with Gasteiger partial charge in [-0.3, -0.25) is 3.97 Å². The van der Waals surface area contributed by atoms with E-state index in [9.17, 15) is 8.60 Å². The van der Waals surface area contributed by atoms with Gasteiger partial charge < -0.3 is 15.1 Å². The number of halogens is 1. The lowest BCUT2D eigenvalue weighted by Gasteiger charge is -2.34. The third-order valence-corrected chi connectivity index (χ3v) is 6.76. The Hall–Kier alpha value is -2.48. The Morgan fingerprint density at radius 3 is 2.53 bits per heavy atom. The minimum atomic E-state index is -1.49. The third kappa shape index (κ3) is 4.33. The highest BCUT2D eigenvalue weighted by molar-refractivity contribution is 7.83. The molecule has 1 aliphatic rings. The van der Waals surface area contributed by atoms with Crippen LogP contribution in [0.3, 0.4) is 0 Å². The zero-order valence-corrected chi connectivity index (χ0v) is 18.2. The summed E-state index contributed by atoms with van der Waals surface area (Å²) in [5.41, 5.74) is 3.09. The van der Waals surface area contributed by atoms with Crippen molar-refractivity contribution in [1.82, 2.24) is 14.2 Å². The number of likely N-dealkylation sites (N-methyl/N-ethyl adjacent to an activating group) is 1. The molecule has 1 aliphatic heterocycles. The summed E-state index contributed by atoms with van der Waals surface area (Å²) in [5, 5.41) is 3.11. The first-order valence-electron chi connectivity index (χ1n) is 10.1. The Kier molecular flexibility index (Phi) is 6.32. The number of anilines is 1. The van der Waals surface area contributed by atoms with E-state index in [1.807, 2.05) is 37.5 Å². The van der Waals surface area contributed by atoms with Crippen LogP contribution >= 0.6 is 0 Å². The lowest BCUT2D eigenvalue weighted by Crippen LogP contribution is -2.44. The molecule has 1 atom stereocenters. The monoisotopic (exact) mass is 426 g/mol. The van der Waals surface area contributed by atoms with Crippen molar-refractivity contribution < 1.29 is 8.60 Å². The zero-order valence-electron chi connectivity index (χ0n) is 17.3. The predicted octanol–water partition coefficient (Wildman–Crippen LogP) is 3.34. The topological polar surface area (TPSA) is 40.5 Å². The predicted molar refractivity (Wildman–Crippen MR) is 121 cm³/mol. The normalized spacial score (nSPS) is 16.0. The first-order chi connectivity index (χ1) is 14.6. The fraction of sp³-hybridized carbons (Fsp3) is 0.304. The molecule has 3 aromatic rings. The molecule has 30 heavy (non-hydrogen) atoms. The highest BCUT2D eigenvalue weighted by Gasteiger charge is 2.19. The maximum absolute atomic E-state index is 14.5. The Morgan fingerprint density at radius 2 is 1.80 bits per heavy atom. The quantitative estimate of drug-likeness (QED) is 0.656. The molecule has 0 aliphatic carbocycles. The summed E-state index contributed by atoms with van der Waals surface area (Å²) in [6, 6.07) is 16.4. The summed E-state index contributed by atoms with van der Waals surface area (Å²) >= 11 is 0. The van der Waals surface area contributed by atoms with Crippen molar-refractivity contribution in [3.63, 3.8) is 0 Å². The van der Waals surface area contributed by atoms with Gasteiger partial charge >= 0.3 is 0 Å². The van der Waals surface area contributed by atoms with Gasteiger partial charge in [0.15, 0.2) is 11.0 Å². The largest absolute Gasteiger partial charge is 0.369 e. The highest BCUT2D eigenvalue weighted by Crippen LogP contribution is 2.29. The van der Waals surface area contributed by atoms with Crippen LogP contribution < -0.4 is 10.2 Å². The lowest BCUT2D eigenvalue weighted by atomic mass is 10.1. The molecule has 0 radical (unpaired) electrons. The molecular formula is C23H27FN4OS. The molecular weight excluding hydrogens is 399 g/mol. The van der Waals surface area contributed by atoms with E-state index in [-0.39, 0.29) is 5.82 Å². The molecule has 1 saturated heterocycles. The summed E-state index contributed by atoms with van der Waals surface area (Å²) in [5.74, 6) is -0.323. The average Bonchev–Trinajstić information content (AvgIpc) is 3.18. The van der Waals surface area contributed by atoms with Crippen LogP contribution in [0, 0.1) is 5.82 Å². The fourth-order valence-electron chi connectivity index (χ4n) is 3.77. The highest BCUT2D eigenvalue weighted by atomic mass is 32.2. The minimum Gasteiger partial charge on any atom is -0.369 e. The average molecular weight is 427 g/mol. The van der Waals surface area contributed by atoms with Crippen molar-refractivity contribution in [3.8, 4) is 11.3 Å². The number of nitrogens with zero attached hydrogens (tertiary/aromatic N) is 3. The first-order valence-corrected chi connectivity index (χ1v) is 11.2. The second-order valence-corrected chi connectivity index (χ2v) is 8.97. The molecule has 2 aromatic carbocycles. The fourth-order valence-corrected chi connectivity index (χ4v) is 4.97. The van der Waals surface area contributed by atoms with Gasteiger partial charge in [0.1, 0.15) is 5.82 Å². The van der Waals surface area contributed by atoms with Crippen LogP contribution in [-0.2, 0) is 17.5 Å². The van der Waals surface area contributed by atoms with E-state index in [2.05, 4.69) is 28.2 Å². The second kappa shape index (κ2) is 9.12. The molecule has 1 unspecified atom stereocenters. The van der Waals surface area contributed by atoms with Crippen LogP contribution in [0.1, 0.15) is 5.56 Å². The smallest absolute Gasteiger partial charge is 0.157 e. The van der Waals surface area contributed by atoms with E-state index in [1.165, 1.54) is 6.07 Å². The number of nitrogens with one attached hydrogen (secondary N) is 1. The summed E-state index contributed by atoms with van der Waals surface area (Å²) in [4.78, 5) is 5.33. The van der Waals surface area contributed by atoms with Crippen LogP contribution in [0.2, 0.25) is 0 Å². The number of hydrogen-bond donors (Lipinski definition) is 1. The van der Waals surface area contributed by atoms with Crippen LogP contribution in [-0.4, -0.2) is 53.4 Å². The van der Waals surface area contributed by atoms with Gasteiger partial charge in [0.05, 0.1) is 10.6 Å². The van der Waals surface area contributed by atoms with Crippen molar-refractivity contribution in [1.29, 1.82) is 0 Å². The third-order valence-electron chi connectivity index (χ3n) is 5.44. The minimum absolute atomic E-state index is 0.323. The van der Waals surface area contributed by atoms with Gasteiger partial charge in [0, 0.05) is 50.2 Å². The molecule has 4 rings (SSSR count). The Balaban J connectivity index is 1.70. The molecule has 2 heterocycles. The van der Waals surface area contributed by atoms with Crippen LogP contribution in [0.4, 0.5) is 10.1 Å². The Labute approximate surface area is 179 Å². The molecule has 0 amide bonds. The molecule has 0 saturated carbocycles. The van der Waals surface area contributed by atoms with Crippen LogP contribution in [0.25, 0.3) is 11.3 Å². The molecule has 5 nitrogen and oxygen atoms in total. The van der Waals surface area contributed by atoms with Gasteiger partial charge in [-0.05, 0) is 56.1 Å². The summed E-state index contributed by atoms with van der Waals surface area (Å²) in [6.07, 6.45) is 1.84. The molecule has 1 aromatic heterocycles. The van der Waals surface area contributed by atoms with E-state index >= 15 is 0 Å². The molecule has 0 spiro atoms. The van der Waals surface area contributed by atoms with E-state index in [1.54, 1.807) is 22.2 Å². The number of hydrogen-bond acceptors (Lipinski definition) is 4. The summed E-state index contributed by atoms with van der Waals surface area (Å²) < 4.78 is 29.8. The van der Waals surface area contributed by atoms with Crippen LogP contribution in [0.15, 0.2) is 65.7 Å². The molecule has 158 valence electrons. The van der Waals surface area contributed by atoms with Crippen molar-refractivity contribution >= 4 is 16.7 Å². The number of piperazine rings is 1. The lowest BCUT2D eigenvalue weighted by molar-refractivity contribution is 0.313. The molecule has 0 bridgehead atoms. The van der Waals surface area contributed by atoms with Crippen molar-refractivity contribution in [2.45, 2.75) is 11.4 Å². The number of benzene rings is 2. The summed E-state index contributed by atoms with van der Waals surface area (Å²) in [6.45, 7) is 4.53. The molecule has 1 N–H and O–H groups in total. The SMILES string of the molecule is CNCc1cc(-c2ccccc2F)n(S(=O)c2cccc(N3CCN(C)CC3)c2)c1. The van der Waals surface area contributed by atoms with Gasteiger partial charge in [-0.25, -0.2) is 8.60 Å². The van der Waals surface area contributed by atoms with Crippen LogP contribution in [0.5, 0.6) is 0 Å². The molecule has 1 fully saturated rings. The maximum Gasteiger partial charge on any atom is 0.157 e. The zero-order chi connectivity index (χ0) is 21.1. The van der Waals surface area contributed by atoms with Gasteiger partial charge in [0.25, 0.3) is 0 Å². The van der Waals surface area contributed by atoms with Crippen molar-refractivity contribution in [3.05, 3.63) is 72.2 Å². The number of rotatable bonds is 6. The van der Waals surface area contributed by atoms with E-state index in [0.29, 0.717) is 22.7 Å². The molecule has 7 heteroatoms. The summed E-state index contributed by atoms with van der Waals surface area (Å²) in [7, 11) is 2.50. The first kappa shape index (κ1) is 20.8. The Morgan fingerprint density at radius 1 is 1.03 bits per heavy atom. The standard InChI is InChI=1S/C23H27FN4OS/c1-25-16-18-14-23(21-8-3-4-9-22(21)24)28(17-18)30(29)20-7-5-6-19(15-20)27-12-10-26(2)11-13-27/h3-9,14-15,17,25H,10-13,16H2,1-2H3.